The van der Waals surface area contributed by atoms with Crippen LogP contribution in [0.25, 0.3) is 10.2 Å². The van der Waals surface area contributed by atoms with E-state index in [1.54, 1.807) is 33.8 Å². The van der Waals surface area contributed by atoms with Crippen LogP contribution in [-0.2, 0) is 10.0 Å². The molecule has 158 valence electrons. The number of thiazole rings is 1. The van der Waals surface area contributed by atoms with E-state index in [2.05, 4.69) is 17.9 Å². The van der Waals surface area contributed by atoms with Crippen molar-refractivity contribution < 1.29 is 17.9 Å². The molecule has 0 spiro atoms. The van der Waals surface area contributed by atoms with Crippen molar-refractivity contribution in [1.29, 1.82) is 0 Å². The maximum absolute atomic E-state index is 13.1. The number of sulfonamides is 1. The SMILES string of the molecule is C[C@H](c1nc2ccccc2s1)N1CCN(S(=O)(=O)c2ccc3c(c2)OCCO3)CC1. The van der Waals surface area contributed by atoms with E-state index >= 15 is 0 Å². The minimum absolute atomic E-state index is 0.154. The maximum Gasteiger partial charge on any atom is 0.243 e. The number of fused-ring (bicyclic) bond motifs is 2. The molecule has 2 aromatic carbocycles. The molecule has 0 N–H and O–H groups in total. The van der Waals surface area contributed by atoms with E-state index in [9.17, 15) is 8.42 Å². The van der Waals surface area contributed by atoms with E-state index in [0.717, 1.165) is 10.5 Å². The minimum Gasteiger partial charge on any atom is -0.486 e. The zero-order valence-electron chi connectivity index (χ0n) is 16.7. The molecule has 0 unspecified atom stereocenters. The molecule has 1 aromatic heterocycles. The van der Waals surface area contributed by atoms with Gasteiger partial charge in [-0.2, -0.15) is 4.31 Å². The Labute approximate surface area is 179 Å². The molecule has 0 amide bonds. The fourth-order valence-corrected chi connectivity index (χ4v) is 6.38. The summed E-state index contributed by atoms with van der Waals surface area (Å²) in [5, 5.41) is 1.07. The third kappa shape index (κ3) is 3.56. The monoisotopic (exact) mass is 445 g/mol. The molecular formula is C21H23N3O4S2. The van der Waals surface area contributed by atoms with Gasteiger partial charge in [-0.1, -0.05) is 12.1 Å². The number of nitrogens with zero attached hydrogens (tertiary/aromatic N) is 3. The van der Waals surface area contributed by atoms with Gasteiger partial charge in [0.15, 0.2) is 11.5 Å². The second kappa shape index (κ2) is 7.81. The number of piperazine rings is 1. The molecule has 2 aliphatic heterocycles. The van der Waals surface area contributed by atoms with Crippen LogP contribution >= 0.6 is 11.3 Å². The number of hydrogen-bond acceptors (Lipinski definition) is 7. The number of aromatic nitrogens is 1. The smallest absolute Gasteiger partial charge is 0.243 e. The standard InChI is InChI=1S/C21H23N3O4S2/c1-15(21-22-17-4-2-3-5-20(17)29-21)23-8-10-24(11-9-23)30(25,26)16-6-7-18-19(14-16)28-13-12-27-18/h2-7,14-15H,8-13H2,1H3/t15-/m1/s1. The van der Waals surface area contributed by atoms with Crippen molar-refractivity contribution in [2.24, 2.45) is 0 Å². The summed E-state index contributed by atoms with van der Waals surface area (Å²) in [6, 6.07) is 13.1. The fraction of sp³-hybridized carbons (Fsp3) is 0.381. The van der Waals surface area contributed by atoms with Crippen LogP contribution in [0.5, 0.6) is 11.5 Å². The Balaban J connectivity index is 1.29. The molecule has 5 rings (SSSR count). The molecule has 7 nitrogen and oxygen atoms in total. The lowest BCUT2D eigenvalue weighted by atomic mass is 10.2. The molecule has 0 aliphatic carbocycles. The van der Waals surface area contributed by atoms with Crippen LogP contribution < -0.4 is 9.47 Å². The van der Waals surface area contributed by atoms with E-state index in [0.29, 0.717) is 50.9 Å². The van der Waals surface area contributed by atoms with Crippen LogP contribution in [0.4, 0.5) is 0 Å². The zero-order chi connectivity index (χ0) is 20.7. The van der Waals surface area contributed by atoms with Gasteiger partial charge in [-0.25, -0.2) is 13.4 Å². The first-order valence-electron chi connectivity index (χ1n) is 10.0. The van der Waals surface area contributed by atoms with Gasteiger partial charge >= 0.3 is 0 Å². The van der Waals surface area contributed by atoms with E-state index < -0.39 is 10.0 Å². The predicted octanol–water partition coefficient (Wildman–Crippen LogP) is 3.14. The molecule has 3 heterocycles. The molecule has 0 bridgehead atoms. The van der Waals surface area contributed by atoms with Gasteiger partial charge in [-0.15, -0.1) is 11.3 Å². The van der Waals surface area contributed by atoms with Crippen molar-refractivity contribution in [2.45, 2.75) is 17.9 Å². The Hall–Kier alpha value is -2.20. The predicted molar refractivity (Wildman–Crippen MR) is 116 cm³/mol. The maximum atomic E-state index is 13.1. The summed E-state index contributed by atoms with van der Waals surface area (Å²) < 4.78 is 40.1. The third-order valence-electron chi connectivity index (χ3n) is 5.64. The summed E-state index contributed by atoms with van der Waals surface area (Å²) >= 11 is 1.70. The summed E-state index contributed by atoms with van der Waals surface area (Å²) in [6.07, 6.45) is 0. The molecule has 9 heteroatoms. The van der Waals surface area contributed by atoms with Gasteiger partial charge in [0, 0.05) is 32.2 Å². The van der Waals surface area contributed by atoms with Crippen molar-refractivity contribution in [1.82, 2.24) is 14.2 Å². The van der Waals surface area contributed by atoms with Crippen LogP contribution in [-0.4, -0.2) is 62.0 Å². The highest BCUT2D eigenvalue weighted by Gasteiger charge is 2.32. The van der Waals surface area contributed by atoms with Crippen LogP contribution in [0.2, 0.25) is 0 Å². The highest BCUT2D eigenvalue weighted by atomic mass is 32.2. The van der Waals surface area contributed by atoms with Crippen molar-refractivity contribution in [3.8, 4) is 11.5 Å². The summed E-state index contributed by atoms with van der Waals surface area (Å²) in [6.45, 7) is 5.29. The first-order valence-corrected chi connectivity index (χ1v) is 12.3. The summed E-state index contributed by atoms with van der Waals surface area (Å²) in [7, 11) is -3.57. The summed E-state index contributed by atoms with van der Waals surface area (Å²) in [4.78, 5) is 7.31. The normalized spacial score (nSPS) is 19.1. The lowest BCUT2D eigenvalue weighted by Crippen LogP contribution is -2.49. The first-order chi connectivity index (χ1) is 14.5. The average molecular weight is 446 g/mol. The van der Waals surface area contributed by atoms with Crippen LogP contribution in [0, 0.1) is 0 Å². The lowest BCUT2D eigenvalue weighted by Gasteiger charge is -2.36. The van der Waals surface area contributed by atoms with Gasteiger partial charge in [0.2, 0.25) is 10.0 Å². The largest absolute Gasteiger partial charge is 0.486 e. The lowest BCUT2D eigenvalue weighted by molar-refractivity contribution is 0.145. The van der Waals surface area contributed by atoms with Crippen molar-refractivity contribution >= 4 is 31.6 Å². The number of ether oxygens (including phenoxy) is 2. The Bertz CT molecular complexity index is 1140. The number of para-hydroxylation sites is 1. The minimum atomic E-state index is -3.57. The van der Waals surface area contributed by atoms with Gasteiger partial charge in [0.1, 0.15) is 18.2 Å². The Morgan fingerprint density at radius 1 is 1.00 bits per heavy atom. The Kier molecular flexibility index (Phi) is 5.14. The Morgan fingerprint density at radius 2 is 1.73 bits per heavy atom. The molecule has 0 saturated carbocycles. The van der Waals surface area contributed by atoms with Crippen LogP contribution in [0.15, 0.2) is 47.4 Å². The fourth-order valence-electron chi connectivity index (χ4n) is 3.89. The third-order valence-corrected chi connectivity index (χ3v) is 8.74. The highest BCUT2D eigenvalue weighted by Crippen LogP contribution is 2.34. The summed E-state index contributed by atoms with van der Waals surface area (Å²) in [5.74, 6) is 1.08. The molecular weight excluding hydrogens is 422 g/mol. The van der Waals surface area contributed by atoms with Crippen LogP contribution in [0.1, 0.15) is 18.0 Å². The zero-order valence-corrected chi connectivity index (χ0v) is 18.3. The molecule has 1 saturated heterocycles. The van der Waals surface area contributed by atoms with Crippen LogP contribution in [0.3, 0.4) is 0 Å². The molecule has 2 aliphatic rings. The Morgan fingerprint density at radius 3 is 2.50 bits per heavy atom. The van der Waals surface area contributed by atoms with Gasteiger partial charge in [0.25, 0.3) is 0 Å². The highest BCUT2D eigenvalue weighted by molar-refractivity contribution is 7.89. The molecule has 1 atom stereocenters. The molecule has 30 heavy (non-hydrogen) atoms. The molecule has 1 fully saturated rings. The van der Waals surface area contributed by atoms with Gasteiger partial charge in [-0.05, 0) is 31.2 Å². The average Bonchev–Trinajstić information content (AvgIpc) is 3.22. The molecule has 0 radical (unpaired) electrons. The number of hydrogen-bond donors (Lipinski definition) is 0. The van der Waals surface area contributed by atoms with Gasteiger partial charge in [0.05, 0.1) is 21.2 Å². The second-order valence-electron chi connectivity index (χ2n) is 7.44. The van der Waals surface area contributed by atoms with Gasteiger partial charge in [-0.3, -0.25) is 4.90 Å². The van der Waals surface area contributed by atoms with Crippen molar-refractivity contribution in [3.05, 3.63) is 47.5 Å². The number of rotatable bonds is 4. The van der Waals surface area contributed by atoms with Crippen molar-refractivity contribution in [3.63, 3.8) is 0 Å². The van der Waals surface area contributed by atoms with E-state index in [1.807, 2.05) is 18.2 Å². The van der Waals surface area contributed by atoms with E-state index in [4.69, 9.17) is 14.5 Å². The quantitative estimate of drug-likeness (QED) is 0.614. The molecule has 3 aromatic rings. The van der Waals surface area contributed by atoms with E-state index in [1.165, 1.54) is 4.70 Å². The second-order valence-corrected chi connectivity index (χ2v) is 10.4. The van der Waals surface area contributed by atoms with Crippen molar-refractivity contribution in [2.75, 3.05) is 39.4 Å². The topological polar surface area (TPSA) is 72.0 Å². The van der Waals surface area contributed by atoms with E-state index in [-0.39, 0.29) is 10.9 Å². The summed E-state index contributed by atoms with van der Waals surface area (Å²) in [5.41, 5.74) is 1.02. The number of benzene rings is 2. The van der Waals surface area contributed by atoms with Gasteiger partial charge < -0.3 is 9.47 Å². The first kappa shape index (κ1) is 19.7.